The molecule has 0 bridgehead atoms. The third kappa shape index (κ3) is 3.72. The van der Waals surface area contributed by atoms with Gasteiger partial charge in [-0.25, -0.2) is 9.67 Å². The summed E-state index contributed by atoms with van der Waals surface area (Å²) in [6.07, 6.45) is 5.72. The molecule has 34 heavy (non-hydrogen) atoms. The molecule has 1 aliphatic carbocycles. The Morgan fingerprint density at radius 2 is 1.85 bits per heavy atom. The number of fused-ring (bicyclic) bond motifs is 1. The van der Waals surface area contributed by atoms with Crippen LogP contribution in [-0.2, 0) is 16.8 Å². The number of nitrogens with zero attached hydrogens (tertiary/aromatic N) is 5. The number of carbonyl (C=O) groups excluding carboxylic acids is 1. The topological polar surface area (TPSA) is 125 Å². The minimum absolute atomic E-state index is 0.0599. The Balaban J connectivity index is 1.35. The first-order chi connectivity index (χ1) is 16.5. The van der Waals surface area contributed by atoms with Gasteiger partial charge in [-0.15, -0.1) is 0 Å². The second-order valence-corrected chi connectivity index (χ2v) is 8.49. The number of hydrogen-bond donors (Lipinski definition) is 1. The summed E-state index contributed by atoms with van der Waals surface area (Å²) in [5.74, 6) is -0.281. The van der Waals surface area contributed by atoms with Crippen molar-refractivity contribution in [2.24, 2.45) is 0 Å². The van der Waals surface area contributed by atoms with Crippen molar-refractivity contribution in [3.63, 3.8) is 0 Å². The Labute approximate surface area is 194 Å². The molecule has 0 spiro atoms. The van der Waals surface area contributed by atoms with Crippen LogP contribution in [0.2, 0.25) is 0 Å². The maximum absolute atomic E-state index is 13.0. The lowest BCUT2D eigenvalue weighted by Gasteiger charge is -2.42. The molecule has 10 heteroatoms. The molecule has 0 saturated heterocycles. The van der Waals surface area contributed by atoms with E-state index in [-0.39, 0.29) is 40.3 Å². The maximum atomic E-state index is 13.0. The molecule has 2 aromatic carbocycles. The van der Waals surface area contributed by atoms with Gasteiger partial charge in [0.25, 0.3) is 11.2 Å². The largest absolute Gasteiger partial charge is 0.354 e. The molecule has 0 radical (unpaired) electrons. The molecule has 10 nitrogen and oxygen atoms in total. The van der Waals surface area contributed by atoms with Gasteiger partial charge in [0.15, 0.2) is 5.65 Å². The predicted octanol–water partition coefficient (Wildman–Crippen LogP) is 2.73. The van der Waals surface area contributed by atoms with E-state index < -0.39 is 10.5 Å². The summed E-state index contributed by atoms with van der Waals surface area (Å²) in [5.41, 5.74) is 0.956. The highest BCUT2D eigenvalue weighted by Crippen LogP contribution is 2.43. The Hall–Kier alpha value is -4.34. The molecular formula is C24H22N6O4. The average Bonchev–Trinajstić information content (AvgIpc) is 3.25. The number of nitro groups is 1. The maximum Gasteiger partial charge on any atom is 0.294 e. The number of hydrogen-bond acceptors (Lipinski definition) is 6. The van der Waals surface area contributed by atoms with Gasteiger partial charge in [-0.2, -0.15) is 5.10 Å². The van der Waals surface area contributed by atoms with Crippen molar-refractivity contribution in [1.82, 2.24) is 24.6 Å². The van der Waals surface area contributed by atoms with Gasteiger partial charge in [0.2, 0.25) is 5.91 Å². The average molecular weight is 458 g/mol. The van der Waals surface area contributed by atoms with Crippen LogP contribution in [0.4, 0.5) is 5.69 Å². The monoisotopic (exact) mass is 458 g/mol. The summed E-state index contributed by atoms with van der Waals surface area (Å²) >= 11 is 0. The van der Waals surface area contributed by atoms with Gasteiger partial charge in [-0.05, 0) is 24.5 Å². The quantitative estimate of drug-likeness (QED) is 0.335. The summed E-state index contributed by atoms with van der Waals surface area (Å²) in [6.45, 7) is 0.333. The van der Waals surface area contributed by atoms with Gasteiger partial charge < -0.3 is 5.32 Å². The third-order valence-electron chi connectivity index (χ3n) is 6.50. The lowest BCUT2D eigenvalue weighted by Crippen LogP contribution is -2.46. The summed E-state index contributed by atoms with van der Waals surface area (Å²) in [7, 11) is 0. The Morgan fingerprint density at radius 1 is 1.12 bits per heavy atom. The zero-order valence-corrected chi connectivity index (χ0v) is 18.3. The van der Waals surface area contributed by atoms with Crippen molar-refractivity contribution in [3.05, 3.63) is 93.2 Å². The summed E-state index contributed by atoms with van der Waals surface area (Å²) in [4.78, 5) is 40.8. The van der Waals surface area contributed by atoms with E-state index >= 15 is 0 Å². The predicted molar refractivity (Wildman–Crippen MR) is 125 cm³/mol. The van der Waals surface area contributed by atoms with E-state index in [0.717, 1.165) is 19.3 Å². The molecule has 1 N–H and O–H groups in total. The van der Waals surface area contributed by atoms with E-state index in [0.29, 0.717) is 6.54 Å². The zero-order valence-electron chi connectivity index (χ0n) is 18.3. The van der Waals surface area contributed by atoms with E-state index in [4.69, 9.17) is 0 Å². The molecule has 1 aliphatic rings. The molecule has 5 rings (SSSR count). The Morgan fingerprint density at radius 3 is 2.56 bits per heavy atom. The van der Waals surface area contributed by atoms with E-state index in [1.165, 1.54) is 39.5 Å². The minimum Gasteiger partial charge on any atom is -0.354 e. The van der Waals surface area contributed by atoms with Gasteiger partial charge in [0, 0.05) is 18.0 Å². The molecule has 0 unspecified atom stereocenters. The van der Waals surface area contributed by atoms with E-state index in [1.54, 1.807) is 12.1 Å². The van der Waals surface area contributed by atoms with Crippen LogP contribution in [0, 0.1) is 10.1 Å². The first-order valence-electron chi connectivity index (χ1n) is 11.0. The second kappa shape index (κ2) is 8.54. The van der Waals surface area contributed by atoms with Crippen LogP contribution in [0.3, 0.4) is 0 Å². The van der Waals surface area contributed by atoms with Crippen LogP contribution < -0.4 is 10.9 Å². The van der Waals surface area contributed by atoms with Gasteiger partial charge >= 0.3 is 0 Å². The molecule has 2 heterocycles. The van der Waals surface area contributed by atoms with Crippen LogP contribution in [0.5, 0.6) is 0 Å². The molecule has 0 aliphatic heterocycles. The van der Waals surface area contributed by atoms with Crippen molar-refractivity contribution < 1.29 is 9.72 Å². The summed E-state index contributed by atoms with van der Waals surface area (Å²) in [6, 6.07) is 16.2. The molecule has 0 atom stereocenters. The van der Waals surface area contributed by atoms with Gasteiger partial charge in [0.1, 0.15) is 23.9 Å². The van der Waals surface area contributed by atoms with E-state index in [9.17, 15) is 19.7 Å². The number of carbonyl (C=O) groups is 1. The molecular weight excluding hydrogens is 436 g/mol. The zero-order chi connectivity index (χ0) is 23.7. The van der Waals surface area contributed by atoms with Gasteiger partial charge in [0.05, 0.1) is 11.1 Å². The number of benzene rings is 2. The highest BCUT2D eigenvalue weighted by molar-refractivity contribution is 5.78. The number of para-hydroxylation sites is 2. The van der Waals surface area contributed by atoms with Gasteiger partial charge in [-0.1, -0.05) is 48.9 Å². The van der Waals surface area contributed by atoms with Crippen molar-refractivity contribution in [3.8, 4) is 5.69 Å². The SMILES string of the molecule is O=C(Cn1cnc2c(cnn2-c2ccccc2[N+](=O)[O-])c1=O)NCC1(c2ccccc2)CCC1. The van der Waals surface area contributed by atoms with Crippen molar-refractivity contribution in [2.45, 2.75) is 31.2 Å². The first-order valence-corrected chi connectivity index (χ1v) is 11.0. The third-order valence-corrected chi connectivity index (χ3v) is 6.50. The number of rotatable bonds is 7. The van der Waals surface area contributed by atoms with Crippen LogP contribution in [0.1, 0.15) is 24.8 Å². The van der Waals surface area contributed by atoms with Crippen LogP contribution in [0.15, 0.2) is 71.9 Å². The molecule has 1 amide bonds. The molecule has 2 aromatic heterocycles. The smallest absolute Gasteiger partial charge is 0.294 e. The summed E-state index contributed by atoms with van der Waals surface area (Å²) < 4.78 is 2.48. The lowest BCUT2D eigenvalue weighted by atomic mass is 9.64. The van der Waals surface area contributed by atoms with Crippen LogP contribution in [-0.4, -0.2) is 36.7 Å². The fourth-order valence-corrected chi connectivity index (χ4v) is 4.48. The number of amides is 1. The Bertz CT molecular complexity index is 1440. The molecule has 172 valence electrons. The Kier molecular flexibility index (Phi) is 5.40. The van der Waals surface area contributed by atoms with Crippen LogP contribution in [0.25, 0.3) is 16.7 Å². The second-order valence-electron chi connectivity index (χ2n) is 8.49. The highest BCUT2D eigenvalue weighted by atomic mass is 16.6. The summed E-state index contributed by atoms with van der Waals surface area (Å²) in [5, 5.41) is 18.7. The normalized spacial score (nSPS) is 14.5. The first kappa shape index (κ1) is 21.5. The minimum atomic E-state index is -0.515. The van der Waals surface area contributed by atoms with E-state index in [1.807, 2.05) is 18.2 Å². The van der Waals surface area contributed by atoms with Crippen LogP contribution >= 0.6 is 0 Å². The van der Waals surface area contributed by atoms with Crippen molar-refractivity contribution in [1.29, 1.82) is 0 Å². The van der Waals surface area contributed by atoms with Crippen molar-refractivity contribution >= 4 is 22.6 Å². The number of nitro benzene ring substituents is 1. The fourth-order valence-electron chi connectivity index (χ4n) is 4.48. The molecule has 1 fully saturated rings. The standard InChI is InChI=1S/C24H22N6O4/c31-21(25-15-24(11-6-12-24)17-7-2-1-3-8-17)14-28-16-26-22-18(23(28)32)13-27-29(22)19-9-4-5-10-20(19)30(33)34/h1-5,7-10,13,16H,6,11-12,14-15H2,(H,25,31). The molecule has 1 saturated carbocycles. The molecule has 4 aromatic rings. The number of nitrogens with one attached hydrogen (secondary N) is 1. The van der Waals surface area contributed by atoms with Gasteiger partial charge in [-0.3, -0.25) is 24.3 Å². The van der Waals surface area contributed by atoms with Crippen molar-refractivity contribution in [2.75, 3.05) is 6.54 Å². The lowest BCUT2D eigenvalue weighted by molar-refractivity contribution is -0.384. The highest BCUT2D eigenvalue weighted by Gasteiger charge is 2.38. The van der Waals surface area contributed by atoms with E-state index in [2.05, 4.69) is 27.5 Å². The number of aromatic nitrogens is 4. The fraction of sp³-hybridized carbons (Fsp3) is 0.250.